The van der Waals surface area contributed by atoms with Crippen molar-refractivity contribution >= 4 is 34.4 Å². The van der Waals surface area contributed by atoms with Crippen molar-refractivity contribution in [3.8, 4) is 12.1 Å². The highest BCUT2D eigenvalue weighted by Gasteiger charge is 2.50. The number of urea groups is 1. The molecule has 2 aromatic rings. The largest absolute Gasteiger partial charge is 0.333 e. The van der Waals surface area contributed by atoms with Crippen molar-refractivity contribution in [3.05, 3.63) is 59.8 Å². The van der Waals surface area contributed by atoms with E-state index in [1.54, 1.807) is 6.08 Å². The topological polar surface area (TPSA) is 114 Å². The number of aromatic nitrogens is 2. The lowest BCUT2D eigenvalue weighted by atomic mass is 10.0. The van der Waals surface area contributed by atoms with Crippen molar-refractivity contribution in [2.24, 2.45) is 0 Å². The van der Waals surface area contributed by atoms with Gasteiger partial charge in [0.1, 0.15) is 11.1 Å². The molecule has 2 aliphatic rings. The van der Waals surface area contributed by atoms with E-state index in [-0.39, 0.29) is 24.3 Å². The van der Waals surface area contributed by atoms with Crippen LogP contribution in [0.3, 0.4) is 0 Å². The number of carbonyl (C=O) groups is 2. The molecule has 0 aliphatic carbocycles. The van der Waals surface area contributed by atoms with Crippen molar-refractivity contribution in [1.29, 1.82) is 10.5 Å². The second-order valence-corrected chi connectivity index (χ2v) is 7.67. The molecule has 2 atom stereocenters. The van der Waals surface area contributed by atoms with Gasteiger partial charge in [-0.2, -0.15) is 10.5 Å². The minimum absolute atomic E-state index is 0.0886. The Morgan fingerprint density at radius 2 is 2.07 bits per heavy atom. The lowest BCUT2D eigenvalue weighted by molar-refractivity contribution is -0.119. The number of nitriles is 2. The van der Waals surface area contributed by atoms with E-state index in [1.807, 2.05) is 12.1 Å². The SMILES string of the molecule is N#CCCN1C(=O)N(c2cnccn2)C(=O)C2SC(c3ccc(F)cc3C#N)=CC21. The van der Waals surface area contributed by atoms with Gasteiger partial charge in [-0.05, 0) is 24.3 Å². The van der Waals surface area contributed by atoms with Gasteiger partial charge in [0.25, 0.3) is 5.91 Å². The van der Waals surface area contributed by atoms with E-state index < -0.39 is 29.0 Å². The Morgan fingerprint density at radius 1 is 1.23 bits per heavy atom. The number of halogens is 1. The molecule has 10 heteroatoms. The van der Waals surface area contributed by atoms with Gasteiger partial charge < -0.3 is 4.90 Å². The van der Waals surface area contributed by atoms with Crippen molar-refractivity contribution in [2.45, 2.75) is 17.7 Å². The molecular formula is C20H13FN6O2S. The fourth-order valence-corrected chi connectivity index (χ4v) is 4.79. The number of benzene rings is 1. The molecule has 148 valence electrons. The van der Waals surface area contributed by atoms with Crippen LogP contribution < -0.4 is 4.90 Å². The lowest BCUT2D eigenvalue weighted by Gasteiger charge is -2.40. The van der Waals surface area contributed by atoms with Gasteiger partial charge in [0, 0.05) is 29.4 Å². The van der Waals surface area contributed by atoms with Crippen LogP contribution in [0.1, 0.15) is 17.5 Å². The van der Waals surface area contributed by atoms with Crippen LogP contribution in [0.2, 0.25) is 0 Å². The summed E-state index contributed by atoms with van der Waals surface area (Å²) < 4.78 is 13.5. The molecule has 3 heterocycles. The number of nitrogens with zero attached hydrogens (tertiary/aromatic N) is 6. The molecule has 1 saturated heterocycles. The number of imide groups is 1. The molecule has 0 radical (unpaired) electrons. The van der Waals surface area contributed by atoms with Gasteiger partial charge in [-0.25, -0.2) is 19.1 Å². The van der Waals surface area contributed by atoms with Crippen LogP contribution >= 0.6 is 11.8 Å². The molecule has 30 heavy (non-hydrogen) atoms. The second-order valence-electron chi connectivity index (χ2n) is 6.48. The van der Waals surface area contributed by atoms with Crippen molar-refractivity contribution in [2.75, 3.05) is 11.4 Å². The maximum atomic E-state index is 13.5. The standard InChI is InChI=1S/C20H13FN6O2S/c21-13-2-3-14(12(8-13)10-23)16-9-15-18(30-16)19(28)27(17-11-24-5-6-25-17)20(29)26(15)7-1-4-22/h2-3,5-6,8-9,11,15,18H,1,7H2. The fourth-order valence-electron chi connectivity index (χ4n) is 3.43. The Morgan fingerprint density at radius 3 is 2.77 bits per heavy atom. The highest BCUT2D eigenvalue weighted by molar-refractivity contribution is 8.09. The van der Waals surface area contributed by atoms with E-state index >= 15 is 0 Å². The molecule has 3 amide bonds. The molecule has 2 aliphatic heterocycles. The van der Waals surface area contributed by atoms with Crippen LogP contribution in [0.5, 0.6) is 0 Å². The first-order valence-corrected chi connectivity index (χ1v) is 9.79. The number of fused-ring (bicyclic) bond motifs is 1. The van der Waals surface area contributed by atoms with Crippen LogP contribution in [0.4, 0.5) is 15.0 Å². The van der Waals surface area contributed by atoms with E-state index in [0.29, 0.717) is 10.5 Å². The molecule has 1 aromatic carbocycles. The summed E-state index contributed by atoms with van der Waals surface area (Å²) in [6.07, 6.45) is 5.95. The monoisotopic (exact) mass is 420 g/mol. The minimum atomic E-state index is -0.685. The van der Waals surface area contributed by atoms with Crippen LogP contribution in [0.15, 0.2) is 42.9 Å². The van der Waals surface area contributed by atoms with Crippen LogP contribution in [0.25, 0.3) is 4.91 Å². The zero-order valence-corrected chi connectivity index (χ0v) is 16.2. The summed E-state index contributed by atoms with van der Waals surface area (Å²) >= 11 is 1.20. The first-order chi connectivity index (χ1) is 14.5. The number of amides is 3. The first kappa shape index (κ1) is 19.6. The van der Waals surface area contributed by atoms with Crippen molar-refractivity contribution < 1.29 is 14.0 Å². The Balaban J connectivity index is 1.75. The zero-order valence-electron chi connectivity index (χ0n) is 15.4. The predicted octanol–water partition coefficient (Wildman–Crippen LogP) is 2.69. The summed E-state index contributed by atoms with van der Waals surface area (Å²) in [4.78, 5) is 37.3. The van der Waals surface area contributed by atoms with Gasteiger partial charge in [-0.3, -0.25) is 9.78 Å². The summed E-state index contributed by atoms with van der Waals surface area (Å²) in [5.41, 5.74) is 0.630. The molecule has 0 bridgehead atoms. The van der Waals surface area contributed by atoms with Crippen molar-refractivity contribution in [1.82, 2.24) is 14.9 Å². The van der Waals surface area contributed by atoms with Crippen LogP contribution in [-0.4, -0.2) is 44.6 Å². The minimum Gasteiger partial charge on any atom is -0.315 e. The average Bonchev–Trinajstić information content (AvgIpc) is 3.20. The summed E-state index contributed by atoms with van der Waals surface area (Å²) in [6.45, 7) is 0.124. The molecule has 0 saturated carbocycles. The van der Waals surface area contributed by atoms with Gasteiger partial charge >= 0.3 is 6.03 Å². The number of carbonyl (C=O) groups excluding carboxylic acids is 2. The third kappa shape index (κ3) is 3.27. The van der Waals surface area contributed by atoms with Gasteiger partial charge in [0.2, 0.25) is 0 Å². The number of anilines is 1. The zero-order chi connectivity index (χ0) is 21.3. The van der Waals surface area contributed by atoms with Gasteiger partial charge in [-0.15, -0.1) is 11.8 Å². The van der Waals surface area contributed by atoms with E-state index in [4.69, 9.17) is 5.26 Å². The smallest absolute Gasteiger partial charge is 0.315 e. The van der Waals surface area contributed by atoms with E-state index in [0.717, 1.165) is 11.0 Å². The van der Waals surface area contributed by atoms with E-state index in [1.165, 1.54) is 47.4 Å². The Labute approximate surface area is 175 Å². The summed E-state index contributed by atoms with van der Waals surface area (Å²) in [6, 6.07) is 6.65. The van der Waals surface area contributed by atoms with Gasteiger partial charge in [0.05, 0.1) is 36.4 Å². The Kier molecular flexibility index (Phi) is 5.17. The summed E-state index contributed by atoms with van der Waals surface area (Å²) in [5, 5.41) is 17.7. The summed E-state index contributed by atoms with van der Waals surface area (Å²) in [5.74, 6) is -0.899. The van der Waals surface area contributed by atoms with Gasteiger partial charge in [-0.1, -0.05) is 0 Å². The molecular weight excluding hydrogens is 407 g/mol. The maximum absolute atomic E-state index is 13.5. The van der Waals surface area contributed by atoms with Gasteiger partial charge in [0.15, 0.2) is 5.82 Å². The average molecular weight is 420 g/mol. The van der Waals surface area contributed by atoms with Crippen LogP contribution in [-0.2, 0) is 4.79 Å². The Hall–Kier alpha value is -3.76. The van der Waals surface area contributed by atoms with Crippen LogP contribution in [0, 0.1) is 28.5 Å². The normalized spacial score (nSPS) is 20.4. The number of rotatable bonds is 4. The fraction of sp³-hybridized carbons (Fsp3) is 0.200. The predicted molar refractivity (Wildman–Crippen MR) is 106 cm³/mol. The molecule has 2 unspecified atom stereocenters. The third-order valence-corrected chi connectivity index (χ3v) is 6.10. The first-order valence-electron chi connectivity index (χ1n) is 8.91. The molecule has 1 fully saturated rings. The molecule has 8 nitrogen and oxygen atoms in total. The molecule has 0 N–H and O–H groups in total. The van der Waals surface area contributed by atoms with E-state index in [2.05, 4.69) is 9.97 Å². The lowest BCUT2D eigenvalue weighted by Crippen LogP contribution is -2.62. The molecule has 0 spiro atoms. The highest BCUT2D eigenvalue weighted by Crippen LogP contribution is 2.45. The quantitative estimate of drug-likeness (QED) is 0.747. The molecule has 4 rings (SSSR count). The maximum Gasteiger partial charge on any atom is 0.333 e. The van der Waals surface area contributed by atoms with Crippen molar-refractivity contribution in [3.63, 3.8) is 0 Å². The Bertz CT molecular complexity index is 1140. The second kappa shape index (κ2) is 7.93. The number of thioether (sulfide) groups is 1. The third-order valence-electron chi connectivity index (χ3n) is 4.76. The molecule has 1 aromatic heterocycles. The highest BCUT2D eigenvalue weighted by atomic mass is 32.2. The summed E-state index contributed by atoms with van der Waals surface area (Å²) in [7, 11) is 0. The van der Waals surface area contributed by atoms with E-state index in [9.17, 15) is 19.2 Å². The number of hydrogen-bond donors (Lipinski definition) is 0. The number of hydrogen-bond acceptors (Lipinski definition) is 7.